The Kier molecular flexibility index (Phi) is 3.86. The van der Waals surface area contributed by atoms with Crippen LogP contribution in [0.5, 0.6) is 0 Å². The fourth-order valence-corrected chi connectivity index (χ4v) is 2.68. The first-order chi connectivity index (χ1) is 10.1. The molecule has 0 fully saturated rings. The molecular formula is C16H13Cl2N3. The SMILES string of the molecule is Nc1cccc(-c2nccn2Cc2ccc(Cl)cc2Cl)c1. The van der Waals surface area contributed by atoms with Gasteiger partial charge in [-0.2, -0.15) is 0 Å². The monoisotopic (exact) mass is 317 g/mol. The maximum absolute atomic E-state index is 6.23. The van der Waals surface area contributed by atoms with Crippen LogP contribution in [0.2, 0.25) is 10.0 Å². The zero-order valence-electron chi connectivity index (χ0n) is 11.1. The lowest BCUT2D eigenvalue weighted by atomic mass is 10.1. The van der Waals surface area contributed by atoms with Crippen LogP contribution in [0.4, 0.5) is 5.69 Å². The van der Waals surface area contributed by atoms with E-state index in [1.54, 1.807) is 12.3 Å². The standard InChI is InChI=1S/C16H13Cl2N3/c17-13-5-4-12(15(18)9-13)10-21-7-6-20-16(21)11-2-1-3-14(19)8-11/h1-9H,10,19H2. The van der Waals surface area contributed by atoms with Crippen molar-refractivity contribution in [2.75, 3.05) is 5.73 Å². The number of halogens is 2. The zero-order valence-corrected chi connectivity index (χ0v) is 12.6. The number of nitrogen functional groups attached to an aromatic ring is 1. The maximum Gasteiger partial charge on any atom is 0.140 e. The molecule has 0 aliphatic rings. The highest BCUT2D eigenvalue weighted by molar-refractivity contribution is 6.35. The van der Waals surface area contributed by atoms with Crippen molar-refractivity contribution >= 4 is 28.9 Å². The summed E-state index contributed by atoms with van der Waals surface area (Å²) in [6.45, 7) is 0.625. The van der Waals surface area contributed by atoms with E-state index in [1.165, 1.54) is 0 Å². The Balaban J connectivity index is 1.96. The molecule has 0 aliphatic heterocycles. The van der Waals surface area contributed by atoms with E-state index in [1.807, 2.05) is 47.2 Å². The molecule has 5 heteroatoms. The van der Waals surface area contributed by atoms with Gasteiger partial charge < -0.3 is 10.3 Å². The first kappa shape index (κ1) is 14.0. The summed E-state index contributed by atoms with van der Waals surface area (Å²) >= 11 is 12.2. The van der Waals surface area contributed by atoms with Crippen LogP contribution in [-0.4, -0.2) is 9.55 Å². The molecule has 0 aliphatic carbocycles. The fourth-order valence-electron chi connectivity index (χ4n) is 2.21. The highest BCUT2D eigenvalue weighted by Crippen LogP contribution is 2.25. The summed E-state index contributed by atoms with van der Waals surface area (Å²) in [7, 11) is 0. The van der Waals surface area contributed by atoms with Gasteiger partial charge in [-0.25, -0.2) is 4.98 Å². The molecule has 0 amide bonds. The third kappa shape index (κ3) is 3.04. The minimum absolute atomic E-state index is 0.625. The topological polar surface area (TPSA) is 43.8 Å². The number of hydrogen-bond acceptors (Lipinski definition) is 2. The van der Waals surface area contributed by atoms with Crippen molar-refractivity contribution in [3.05, 3.63) is 70.5 Å². The van der Waals surface area contributed by atoms with E-state index >= 15 is 0 Å². The molecular weight excluding hydrogens is 305 g/mol. The van der Waals surface area contributed by atoms with Crippen molar-refractivity contribution in [3.8, 4) is 11.4 Å². The Morgan fingerprint density at radius 1 is 1.10 bits per heavy atom. The molecule has 21 heavy (non-hydrogen) atoms. The minimum atomic E-state index is 0.625. The average molecular weight is 318 g/mol. The second-order valence-electron chi connectivity index (χ2n) is 4.74. The minimum Gasteiger partial charge on any atom is -0.399 e. The molecule has 2 aromatic carbocycles. The smallest absolute Gasteiger partial charge is 0.140 e. The largest absolute Gasteiger partial charge is 0.399 e. The molecule has 1 aromatic heterocycles. The van der Waals surface area contributed by atoms with Gasteiger partial charge in [0.25, 0.3) is 0 Å². The number of rotatable bonds is 3. The van der Waals surface area contributed by atoms with Gasteiger partial charge in [0.1, 0.15) is 5.82 Å². The Hall–Kier alpha value is -1.97. The third-order valence-electron chi connectivity index (χ3n) is 3.22. The molecule has 0 saturated carbocycles. The molecule has 0 atom stereocenters. The Bertz CT molecular complexity index is 781. The summed E-state index contributed by atoms with van der Waals surface area (Å²) in [5.41, 5.74) is 8.52. The fraction of sp³-hybridized carbons (Fsp3) is 0.0625. The van der Waals surface area contributed by atoms with Gasteiger partial charge in [0.15, 0.2) is 0 Å². The van der Waals surface area contributed by atoms with Gasteiger partial charge in [-0.05, 0) is 29.8 Å². The molecule has 3 aromatic rings. The van der Waals surface area contributed by atoms with Crippen LogP contribution >= 0.6 is 23.2 Å². The first-order valence-electron chi connectivity index (χ1n) is 6.44. The van der Waals surface area contributed by atoms with Crippen molar-refractivity contribution in [2.24, 2.45) is 0 Å². The summed E-state index contributed by atoms with van der Waals surface area (Å²) in [6.07, 6.45) is 3.69. The molecule has 0 saturated heterocycles. The van der Waals surface area contributed by atoms with Gasteiger partial charge in [0, 0.05) is 33.7 Å². The van der Waals surface area contributed by atoms with Gasteiger partial charge in [0.2, 0.25) is 0 Å². The second-order valence-corrected chi connectivity index (χ2v) is 5.58. The predicted octanol–water partition coefficient (Wildman–Crippen LogP) is 4.49. The molecule has 106 valence electrons. The predicted molar refractivity (Wildman–Crippen MR) is 87.6 cm³/mol. The van der Waals surface area contributed by atoms with Gasteiger partial charge in [-0.15, -0.1) is 0 Å². The molecule has 0 bridgehead atoms. The highest BCUT2D eigenvalue weighted by atomic mass is 35.5. The van der Waals surface area contributed by atoms with Crippen LogP contribution in [0.15, 0.2) is 54.9 Å². The lowest BCUT2D eigenvalue weighted by Gasteiger charge is -2.10. The molecule has 0 spiro atoms. The number of aromatic nitrogens is 2. The van der Waals surface area contributed by atoms with Gasteiger partial charge in [0.05, 0.1) is 6.54 Å². The molecule has 0 unspecified atom stereocenters. The van der Waals surface area contributed by atoms with Crippen molar-refractivity contribution in [2.45, 2.75) is 6.54 Å². The number of anilines is 1. The Morgan fingerprint density at radius 2 is 1.95 bits per heavy atom. The van der Waals surface area contributed by atoms with E-state index < -0.39 is 0 Å². The van der Waals surface area contributed by atoms with Crippen LogP contribution in [0.1, 0.15) is 5.56 Å². The molecule has 3 rings (SSSR count). The van der Waals surface area contributed by atoms with Gasteiger partial charge >= 0.3 is 0 Å². The van der Waals surface area contributed by atoms with E-state index in [9.17, 15) is 0 Å². The van der Waals surface area contributed by atoms with Crippen molar-refractivity contribution in [1.82, 2.24) is 9.55 Å². The van der Waals surface area contributed by atoms with E-state index in [0.717, 1.165) is 17.0 Å². The van der Waals surface area contributed by atoms with Crippen LogP contribution < -0.4 is 5.73 Å². The van der Waals surface area contributed by atoms with Crippen molar-refractivity contribution < 1.29 is 0 Å². The molecule has 2 N–H and O–H groups in total. The summed E-state index contributed by atoms with van der Waals surface area (Å²) < 4.78 is 2.03. The summed E-state index contributed by atoms with van der Waals surface area (Å²) in [6, 6.07) is 13.2. The molecule has 1 heterocycles. The van der Waals surface area contributed by atoms with Crippen LogP contribution in [0.25, 0.3) is 11.4 Å². The summed E-state index contributed by atoms with van der Waals surface area (Å²) in [5, 5.41) is 1.28. The highest BCUT2D eigenvalue weighted by Gasteiger charge is 2.09. The number of nitrogens with zero attached hydrogens (tertiary/aromatic N) is 2. The lowest BCUT2D eigenvalue weighted by Crippen LogP contribution is -2.02. The van der Waals surface area contributed by atoms with E-state index in [0.29, 0.717) is 22.3 Å². The van der Waals surface area contributed by atoms with Gasteiger partial charge in [-0.3, -0.25) is 0 Å². The summed E-state index contributed by atoms with van der Waals surface area (Å²) in [5.74, 6) is 0.855. The Labute approximate surface area is 132 Å². The Morgan fingerprint density at radius 3 is 2.71 bits per heavy atom. The van der Waals surface area contributed by atoms with Gasteiger partial charge in [-0.1, -0.05) is 41.4 Å². The lowest BCUT2D eigenvalue weighted by molar-refractivity contribution is 0.807. The molecule has 0 radical (unpaired) electrons. The van der Waals surface area contributed by atoms with Crippen molar-refractivity contribution in [1.29, 1.82) is 0 Å². The normalized spacial score (nSPS) is 10.8. The number of hydrogen-bond donors (Lipinski definition) is 1. The number of nitrogens with two attached hydrogens (primary N) is 1. The quantitative estimate of drug-likeness (QED) is 0.723. The van der Waals surface area contributed by atoms with Crippen LogP contribution in [0, 0.1) is 0 Å². The van der Waals surface area contributed by atoms with Crippen molar-refractivity contribution in [3.63, 3.8) is 0 Å². The van der Waals surface area contributed by atoms with E-state index in [-0.39, 0.29) is 0 Å². The zero-order chi connectivity index (χ0) is 14.8. The number of benzene rings is 2. The second kappa shape index (κ2) is 5.80. The number of imidazole rings is 1. The first-order valence-corrected chi connectivity index (χ1v) is 7.20. The summed E-state index contributed by atoms with van der Waals surface area (Å²) in [4.78, 5) is 4.41. The van der Waals surface area contributed by atoms with Crippen LogP contribution in [-0.2, 0) is 6.54 Å². The average Bonchev–Trinajstić information content (AvgIpc) is 2.90. The van der Waals surface area contributed by atoms with Crippen LogP contribution in [0.3, 0.4) is 0 Å². The molecule has 3 nitrogen and oxygen atoms in total. The third-order valence-corrected chi connectivity index (χ3v) is 3.80. The maximum atomic E-state index is 6.23. The van der Waals surface area contributed by atoms with E-state index in [4.69, 9.17) is 28.9 Å². The van der Waals surface area contributed by atoms with E-state index in [2.05, 4.69) is 4.98 Å².